The molecule has 38 heavy (non-hydrogen) atoms. The van der Waals surface area contributed by atoms with Crippen molar-refractivity contribution in [3.8, 4) is 0 Å². The number of aliphatic hydroxyl groups is 2. The minimum atomic E-state index is -1.45. The summed E-state index contributed by atoms with van der Waals surface area (Å²) >= 11 is 0. The molecule has 1 saturated heterocycles. The van der Waals surface area contributed by atoms with E-state index in [1.54, 1.807) is 17.1 Å². The fraction of sp³-hybridized carbons (Fsp3) is 0.375. The van der Waals surface area contributed by atoms with Crippen molar-refractivity contribution in [2.45, 2.75) is 50.3 Å². The van der Waals surface area contributed by atoms with Gasteiger partial charge in [0.05, 0.1) is 18.6 Å². The summed E-state index contributed by atoms with van der Waals surface area (Å²) in [5.41, 5.74) is 6.30. The van der Waals surface area contributed by atoms with Gasteiger partial charge in [0.15, 0.2) is 6.23 Å². The molecule has 0 aliphatic carbocycles. The number of anilines is 1. The standard InChI is InChI=1S/C24H29N7O7/c25-19-6-7-31(24(36)29-19)23-21(34)20(33)18(38-23)9-26-22(35)17(28-13-32)8-16-10-30(12-27-16)14-37-11-15-4-2-1-3-5-15/h1-7,10,12-13,17-18,20-21,23,33-34H,8-9,11,14H2,(H,26,35)(H,28,32)(H2,25,29,36)/t17-,18-,20-,21-,23-/m1/s1. The van der Waals surface area contributed by atoms with Gasteiger partial charge in [0.2, 0.25) is 12.3 Å². The number of amides is 2. The summed E-state index contributed by atoms with van der Waals surface area (Å²) in [5, 5.41) is 25.8. The molecule has 3 aromatic rings. The van der Waals surface area contributed by atoms with Gasteiger partial charge in [0.1, 0.15) is 36.9 Å². The third-order valence-corrected chi connectivity index (χ3v) is 5.98. The fourth-order valence-corrected chi connectivity index (χ4v) is 4.02. The SMILES string of the molecule is Nc1ccn([C@@H]2O[C@H](CNC(=O)[C@@H](Cc3cn(COCc4ccccc4)cn3)NC=O)[C@@H](O)[C@H]2O)c(=O)n1. The van der Waals surface area contributed by atoms with E-state index in [2.05, 4.69) is 20.6 Å². The zero-order valence-electron chi connectivity index (χ0n) is 20.3. The lowest BCUT2D eigenvalue weighted by atomic mass is 10.1. The average Bonchev–Trinajstić information content (AvgIpc) is 3.47. The minimum absolute atomic E-state index is 0.00126. The van der Waals surface area contributed by atoms with Gasteiger partial charge in [-0.05, 0) is 11.6 Å². The molecule has 1 aliphatic rings. The van der Waals surface area contributed by atoms with Crippen LogP contribution in [-0.4, -0.2) is 72.5 Å². The Morgan fingerprint density at radius 2 is 2.03 bits per heavy atom. The summed E-state index contributed by atoms with van der Waals surface area (Å²) in [6, 6.07) is 10.1. The molecule has 0 unspecified atom stereocenters. The molecule has 202 valence electrons. The number of hydrogen-bond acceptors (Lipinski definition) is 10. The van der Waals surface area contributed by atoms with Crippen LogP contribution in [0.3, 0.4) is 0 Å². The van der Waals surface area contributed by atoms with Crippen LogP contribution in [0.5, 0.6) is 0 Å². The topological polar surface area (TPSA) is 196 Å². The number of aliphatic hydroxyl groups excluding tert-OH is 2. The first-order valence-corrected chi connectivity index (χ1v) is 11.8. The van der Waals surface area contributed by atoms with Crippen LogP contribution in [-0.2, 0) is 38.8 Å². The number of aromatic nitrogens is 4. The number of nitrogens with zero attached hydrogens (tertiary/aromatic N) is 4. The third kappa shape index (κ3) is 6.60. The molecule has 2 aromatic heterocycles. The first-order chi connectivity index (χ1) is 18.4. The van der Waals surface area contributed by atoms with Gasteiger partial charge in [-0.15, -0.1) is 0 Å². The molecule has 4 rings (SSSR count). The van der Waals surface area contributed by atoms with Gasteiger partial charge in [0.25, 0.3) is 0 Å². The number of ether oxygens (including phenoxy) is 2. The van der Waals surface area contributed by atoms with Gasteiger partial charge in [-0.1, -0.05) is 30.3 Å². The van der Waals surface area contributed by atoms with Crippen molar-refractivity contribution in [1.29, 1.82) is 0 Å². The Labute approximate surface area is 217 Å². The molecular weight excluding hydrogens is 498 g/mol. The Morgan fingerprint density at radius 1 is 1.24 bits per heavy atom. The number of rotatable bonds is 12. The Balaban J connectivity index is 1.30. The Hall–Kier alpha value is -4.11. The van der Waals surface area contributed by atoms with Gasteiger partial charge in [-0.2, -0.15) is 4.98 Å². The number of carbonyl (C=O) groups is 2. The Kier molecular flexibility index (Phi) is 8.81. The van der Waals surface area contributed by atoms with Crippen molar-refractivity contribution < 1.29 is 29.3 Å². The first kappa shape index (κ1) is 26.9. The van der Waals surface area contributed by atoms with Gasteiger partial charge in [-0.25, -0.2) is 9.78 Å². The lowest BCUT2D eigenvalue weighted by Gasteiger charge is -2.19. The van der Waals surface area contributed by atoms with Crippen molar-refractivity contribution in [2.24, 2.45) is 0 Å². The molecule has 1 aliphatic heterocycles. The van der Waals surface area contributed by atoms with Crippen LogP contribution in [0.4, 0.5) is 5.82 Å². The van der Waals surface area contributed by atoms with E-state index in [4.69, 9.17) is 15.2 Å². The summed E-state index contributed by atoms with van der Waals surface area (Å²) in [4.78, 5) is 43.8. The number of imidazole rings is 1. The van der Waals surface area contributed by atoms with Gasteiger partial charge in [-0.3, -0.25) is 14.2 Å². The number of nitrogens with one attached hydrogen (secondary N) is 2. The summed E-state index contributed by atoms with van der Waals surface area (Å²) in [6.07, 6.45) is -0.0121. The van der Waals surface area contributed by atoms with Gasteiger partial charge < -0.3 is 40.6 Å². The van der Waals surface area contributed by atoms with Crippen molar-refractivity contribution in [3.05, 3.63) is 76.9 Å². The van der Waals surface area contributed by atoms with Crippen molar-refractivity contribution in [3.63, 3.8) is 0 Å². The van der Waals surface area contributed by atoms with Crippen molar-refractivity contribution in [1.82, 2.24) is 29.7 Å². The largest absolute Gasteiger partial charge is 0.387 e. The second-order valence-electron chi connectivity index (χ2n) is 8.72. The lowest BCUT2D eigenvalue weighted by molar-refractivity contribution is -0.126. The zero-order valence-corrected chi connectivity index (χ0v) is 20.3. The van der Waals surface area contributed by atoms with Crippen LogP contribution >= 0.6 is 0 Å². The highest BCUT2D eigenvalue weighted by molar-refractivity contribution is 5.83. The predicted molar refractivity (Wildman–Crippen MR) is 132 cm³/mol. The highest BCUT2D eigenvalue weighted by Crippen LogP contribution is 2.28. The van der Waals surface area contributed by atoms with Gasteiger partial charge in [0, 0.05) is 25.4 Å². The lowest BCUT2D eigenvalue weighted by Crippen LogP contribution is -2.48. The Morgan fingerprint density at radius 3 is 2.76 bits per heavy atom. The number of hydrogen-bond donors (Lipinski definition) is 5. The summed E-state index contributed by atoms with van der Waals surface area (Å²) < 4.78 is 14.0. The smallest absolute Gasteiger partial charge is 0.351 e. The molecule has 2 amide bonds. The molecule has 14 heteroatoms. The maximum absolute atomic E-state index is 12.8. The highest BCUT2D eigenvalue weighted by atomic mass is 16.6. The summed E-state index contributed by atoms with van der Waals surface area (Å²) in [5.74, 6) is -0.548. The Bertz CT molecular complexity index is 1280. The number of nitrogen functional groups attached to an aromatic ring is 1. The average molecular weight is 528 g/mol. The maximum Gasteiger partial charge on any atom is 0.351 e. The molecule has 1 fully saturated rings. The van der Waals surface area contributed by atoms with E-state index in [-0.39, 0.29) is 25.5 Å². The van der Waals surface area contributed by atoms with Crippen molar-refractivity contribution in [2.75, 3.05) is 12.3 Å². The van der Waals surface area contributed by atoms with Crippen LogP contribution in [0.2, 0.25) is 0 Å². The molecule has 1 aromatic carbocycles. The van der Waals surface area contributed by atoms with E-state index in [0.717, 1.165) is 10.1 Å². The second-order valence-corrected chi connectivity index (χ2v) is 8.72. The van der Waals surface area contributed by atoms with Crippen LogP contribution in [0, 0.1) is 0 Å². The zero-order chi connectivity index (χ0) is 27.1. The van der Waals surface area contributed by atoms with Crippen LogP contribution in [0.15, 0.2) is 59.9 Å². The van der Waals surface area contributed by atoms with Crippen molar-refractivity contribution >= 4 is 18.1 Å². The highest BCUT2D eigenvalue weighted by Gasteiger charge is 2.44. The first-order valence-electron chi connectivity index (χ1n) is 11.8. The van der Waals surface area contributed by atoms with E-state index in [1.807, 2.05) is 30.3 Å². The second kappa shape index (κ2) is 12.4. The summed E-state index contributed by atoms with van der Waals surface area (Å²) in [6.45, 7) is 0.497. The molecule has 6 N–H and O–H groups in total. The molecule has 0 spiro atoms. The van der Waals surface area contributed by atoms with E-state index in [1.165, 1.54) is 12.3 Å². The molecule has 5 atom stereocenters. The normalized spacial score (nSPS) is 21.6. The number of nitrogens with two attached hydrogens (primary N) is 1. The predicted octanol–water partition coefficient (Wildman–Crippen LogP) is -1.71. The fourth-order valence-electron chi connectivity index (χ4n) is 4.02. The van der Waals surface area contributed by atoms with E-state index in [9.17, 15) is 24.6 Å². The maximum atomic E-state index is 12.8. The minimum Gasteiger partial charge on any atom is -0.387 e. The molecule has 0 saturated carbocycles. The molecule has 0 radical (unpaired) electrons. The molecule has 14 nitrogen and oxygen atoms in total. The number of carbonyl (C=O) groups excluding carboxylic acids is 2. The van der Waals surface area contributed by atoms with Gasteiger partial charge >= 0.3 is 5.69 Å². The molecule has 0 bridgehead atoms. The molecule has 3 heterocycles. The van der Waals surface area contributed by atoms with Crippen LogP contribution in [0.1, 0.15) is 17.5 Å². The monoisotopic (exact) mass is 527 g/mol. The quantitative estimate of drug-likeness (QED) is 0.169. The van der Waals surface area contributed by atoms with E-state index >= 15 is 0 Å². The number of benzene rings is 1. The van der Waals surface area contributed by atoms with Crippen LogP contribution < -0.4 is 22.1 Å². The summed E-state index contributed by atoms with van der Waals surface area (Å²) in [7, 11) is 0. The van der Waals surface area contributed by atoms with Crippen LogP contribution in [0.25, 0.3) is 0 Å². The van der Waals surface area contributed by atoms with E-state index < -0.39 is 42.2 Å². The third-order valence-electron chi connectivity index (χ3n) is 5.98. The molecular formula is C24H29N7O7. The van der Waals surface area contributed by atoms with E-state index in [0.29, 0.717) is 18.7 Å².